The van der Waals surface area contributed by atoms with Crippen LogP contribution in [-0.4, -0.2) is 24.5 Å². The van der Waals surface area contributed by atoms with Crippen LogP contribution in [0.2, 0.25) is 0 Å². The molecule has 3 rings (SSSR count). The van der Waals surface area contributed by atoms with Crippen LogP contribution in [0, 0.1) is 16.7 Å². The molecule has 1 amide bonds. The highest BCUT2D eigenvalue weighted by Gasteiger charge is 2.61. The van der Waals surface area contributed by atoms with Gasteiger partial charge in [0.1, 0.15) is 0 Å². The highest BCUT2D eigenvalue weighted by Crippen LogP contribution is 2.65. The van der Waals surface area contributed by atoms with Gasteiger partial charge in [-0.2, -0.15) is 0 Å². The van der Waals surface area contributed by atoms with Crippen molar-refractivity contribution in [1.82, 2.24) is 10.6 Å². The summed E-state index contributed by atoms with van der Waals surface area (Å²) in [5.74, 6) is 1.05. The summed E-state index contributed by atoms with van der Waals surface area (Å²) in [7, 11) is 0. The molecule has 0 spiro atoms. The lowest BCUT2D eigenvalue weighted by Crippen LogP contribution is -2.55. The predicted octanol–water partition coefficient (Wildman–Crippen LogP) is 2.07. The van der Waals surface area contributed by atoms with E-state index < -0.39 is 0 Å². The van der Waals surface area contributed by atoms with Crippen molar-refractivity contribution in [1.29, 1.82) is 0 Å². The fourth-order valence-corrected chi connectivity index (χ4v) is 4.63. The fraction of sp³-hybridized carbons (Fsp3) is 0.933. The maximum atomic E-state index is 11.9. The van der Waals surface area contributed by atoms with Gasteiger partial charge in [-0.05, 0) is 48.9 Å². The SMILES string of the molecule is CC1(C)C2CCC1(C)C(NC1CCCNC1=O)C2. The molecular weight excluding hydrogens is 224 g/mol. The Morgan fingerprint density at radius 1 is 1.28 bits per heavy atom. The van der Waals surface area contributed by atoms with Gasteiger partial charge < -0.3 is 10.6 Å². The molecule has 4 atom stereocenters. The third kappa shape index (κ3) is 1.56. The number of hydrogen-bond donors (Lipinski definition) is 2. The lowest BCUT2D eigenvalue weighted by molar-refractivity contribution is -0.125. The van der Waals surface area contributed by atoms with Gasteiger partial charge in [0.25, 0.3) is 0 Å². The third-order valence-electron chi connectivity index (χ3n) is 6.48. The summed E-state index contributed by atoms with van der Waals surface area (Å²) in [6, 6.07) is 0.579. The number of carbonyl (C=O) groups is 1. The van der Waals surface area contributed by atoms with E-state index in [1.54, 1.807) is 0 Å². The van der Waals surface area contributed by atoms with Crippen LogP contribution in [0.1, 0.15) is 52.9 Å². The summed E-state index contributed by atoms with van der Waals surface area (Å²) in [5.41, 5.74) is 0.797. The molecule has 1 heterocycles. The Hall–Kier alpha value is -0.570. The molecule has 4 unspecified atom stereocenters. The minimum atomic E-state index is 0.0516. The van der Waals surface area contributed by atoms with Crippen LogP contribution in [-0.2, 0) is 4.79 Å². The van der Waals surface area contributed by atoms with Crippen LogP contribution in [0.25, 0.3) is 0 Å². The largest absolute Gasteiger partial charge is 0.355 e. The molecule has 102 valence electrons. The van der Waals surface area contributed by atoms with Gasteiger partial charge in [-0.15, -0.1) is 0 Å². The van der Waals surface area contributed by atoms with Crippen LogP contribution in [0.5, 0.6) is 0 Å². The van der Waals surface area contributed by atoms with Crippen molar-refractivity contribution in [3.05, 3.63) is 0 Å². The van der Waals surface area contributed by atoms with Gasteiger partial charge in [0.05, 0.1) is 6.04 Å². The third-order valence-corrected chi connectivity index (χ3v) is 6.48. The first-order valence-electron chi connectivity index (χ1n) is 7.49. The van der Waals surface area contributed by atoms with E-state index >= 15 is 0 Å². The number of carbonyl (C=O) groups excluding carboxylic acids is 1. The standard InChI is InChI=1S/C15H26N2O/c1-14(2)10-6-7-15(14,3)12(9-10)17-11-5-4-8-16-13(11)18/h10-12,17H,4-9H2,1-3H3,(H,16,18). The predicted molar refractivity (Wildman–Crippen MR) is 72.2 cm³/mol. The van der Waals surface area contributed by atoms with Gasteiger partial charge in [0.2, 0.25) is 5.91 Å². The van der Waals surface area contributed by atoms with E-state index in [0.29, 0.717) is 16.9 Å². The zero-order chi connectivity index (χ0) is 13.0. The Kier molecular flexibility index (Phi) is 2.74. The topological polar surface area (TPSA) is 41.1 Å². The zero-order valence-corrected chi connectivity index (χ0v) is 11.9. The normalized spacial score (nSPS) is 46.2. The van der Waals surface area contributed by atoms with Crippen LogP contribution in [0.3, 0.4) is 0 Å². The van der Waals surface area contributed by atoms with Gasteiger partial charge in [0.15, 0.2) is 0 Å². The van der Waals surface area contributed by atoms with Crippen molar-refractivity contribution < 1.29 is 4.79 Å². The second kappa shape index (κ2) is 3.96. The summed E-state index contributed by atoms with van der Waals surface area (Å²) in [4.78, 5) is 11.9. The maximum absolute atomic E-state index is 11.9. The zero-order valence-electron chi connectivity index (χ0n) is 11.9. The van der Waals surface area contributed by atoms with E-state index in [-0.39, 0.29) is 11.9 Å². The van der Waals surface area contributed by atoms with Gasteiger partial charge in [-0.3, -0.25) is 4.79 Å². The Labute approximate surface area is 110 Å². The molecule has 1 aliphatic heterocycles. The quantitative estimate of drug-likeness (QED) is 0.788. The fourth-order valence-electron chi connectivity index (χ4n) is 4.63. The minimum Gasteiger partial charge on any atom is -0.355 e. The van der Waals surface area contributed by atoms with Crippen molar-refractivity contribution in [3.63, 3.8) is 0 Å². The van der Waals surface area contributed by atoms with Crippen molar-refractivity contribution >= 4 is 5.91 Å². The number of fused-ring (bicyclic) bond motifs is 2. The van der Waals surface area contributed by atoms with E-state index in [9.17, 15) is 4.79 Å². The monoisotopic (exact) mass is 250 g/mol. The molecule has 3 heteroatoms. The maximum Gasteiger partial charge on any atom is 0.237 e. The summed E-state index contributed by atoms with van der Waals surface area (Å²) < 4.78 is 0. The van der Waals surface area contributed by atoms with Crippen molar-refractivity contribution in [2.75, 3.05) is 6.54 Å². The van der Waals surface area contributed by atoms with Crippen molar-refractivity contribution in [3.8, 4) is 0 Å². The summed E-state index contributed by atoms with van der Waals surface area (Å²) in [6.07, 6.45) is 6.06. The Morgan fingerprint density at radius 2 is 2.06 bits per heavy atom. The molecule has 3 fully saturated rings. The summed E-state index contributed by atoms with van der Waals surface area (Å²) >= 11 is 0. The first-order chi connectivity index (χ1) is 8.45. The molecule has 3 aliphatic rings. The van der Waals surface area contributed by atoms with E-state index in [0.717, 1.165) is 25.3 Å². The molecule has 2 N–H and O–H groups in total. The van der Waals surface area contributed by atoms with E-state index in [2.05, 4.69) is 31.4 Å². The number of rotatable bonds is 2. The lowest BCUT2D eigenvalue weighted by Gasteiger charge is -2.41. The molecule has 0 radical (unpaired) electrons. The Bertz CT molecular complexity index is 366. The highest BCUT2D eigenvalue weighted by molar-refractivity contribution is 5.82. The van der Waals surface area contributed by atoms with Gasteiger partial charge >= 0.3 is 0 Å². The second-order valence-electron chi connectivity index (χ2n) is 7.32. The molecule has 0 aromatic carbocycles. The lowest BCUT2D eigenvalue weighted by atomic mass is 9.69. The van der Waals surface area contributed by atoms with Crippen LogP contribution < -0.4 is 10.6 Å². The second-order valence-corrected chi connectivity index (χ2v) is 7.32. The van der Waals surface area contributed by atoms with Gasteiger partial charge in [0, 0.05) is 12.6 Å². The van der Waals surface area contributed by atoms with E-state index in [4.69, 9.17) is 0 Å². The Morgan fingerprint density at radius 3 is 2.61 bits per heavy atom. The average molecular weight is 250 g/mol. The van der Waals surface area contributed by atoms with Gasteiger partial charge in [-0.25, -0.2) is 0 Å². The first-order valence-corrected chi connectivity index (χ1v) is 7.49. The molecule has 3 nitrogen and oxygen atoms in total. The molecule has 1 saturated heterocycles. The summed E-state index contributed by atoms with van der Waals surface area (Å²) in [5, 5.41) is 6.67. The minimum absolute atomic E-state index is 0.0516. The number of piperidine rings is 1. The summed E-state index contributed by atoms with van der Waals surface area (Å²) in [6.45, 7) is 8.13. The smallest absolute Gasteiger partial charge is 0.237 e. The van der Waals surface area contributed by atoms with Crippen molar-refractivity contribution in [2.45, 2.75) is 65.0 Å². The number of amides is 1. The van der Waals surface area contributed by atoms with Crippen LogP contribution in [0.15, 0.2) is 0 Å². The van der Waals surface area contributed by atoms with E-state index in [1.165, 1.54) is 19.3 Å². The highest BCUT2D eigenvalue weighted by atomic mass is 16.2. The molecule has 2 saturated carbocycles. The van der Waals surface area contributed by atoms with Crippen LogP contribution in [0.4, 0.5) is 0 Å². The molecule has 2 bridgehead atoms. The Balaban J connectivity index is 1.73. The van der Waals surface area contributed by atoms with Gasteiger partial charge in [-0.1, -0.05) is 20.8 Å². The number of hydrogen-bond acceptors (Lipinski definition) is 2. The van der Waals surface area contributed by atoms with E-state index in [1.807, 2.05) is 0 Å². The average Bonchev–Trinajstić information content (AvgIpc) is 2.65. The molecule has 2 aliphatic carbocycles. The van der Waals surface area contributed by atoms with Crippen LogP contribution >= 0.6 is 0 Å². The number of nitrogens with one attached hydrogen (secondary N) is 2. The molecule has 18 heavy (non-hydrogen) atoms. The molecule has 0 aromatic heterocycles. The van der Waals surface area contributed by atoms with Crippen molar-refractivity contribution in [2.24, 2.45) is 16.7 Å². The molecule has 0 aromatic rings. The molecular formula is C15H26N2O. The first kappa shape index (κ1) is 12.5.